The quantitative estimate of drug-likeness (QED) is 0.356. The Morgan fingerprint density at radius 1 is 1.23 bits per heavy atom. The molecule has 0 fully saturated rings. The van der Waals surface area contributed by atoms with Crippen molar-refractivity contribution in [2.24, 2.45) is 0 Å². The van der Waals surface area contributed by atoms with Crippen LogP contribution in [0.15, 0.2) is 12.3 Å². The normalized spacial score (nSPS) is 16.4. The number of hydrogen-bond acceptors (Lipinski definition) is 1. The van der Waals surface area contributed by atoms with Gasteiger partial charge >= 0.3 is 0 Å². The fourth-order valence-electron chi connectivity index (χ4n) is 1.89. The SMILES string of the molecule is [O-][n+]1ccc(Cl)c2c1CCCCC2. The zero-order valence-corrected chi connectivity index (χ0v) is 8.18. The third-order valence-corrected chi connectivity index (χ3v) is 2.95. The molecule has 0 N–H and O–H groups in total. The van der Waals surface area contributed by atoms with Crippen LogP contribution in [0.5, 0.6) is 0 Å². The summed E-state index contributed by atoms with van der Waals surface area (Å²) in [6, 6.07) is 1.69. The fourth-order valence-corrected chi connectivity index (χ4v) is 2.15. The minimum absolute atomic E-state index is 0.754. The smallest absolute Gasteiger partial charge is 0.197 e. The predicted octanol–water partition coefficient (Wildman–Crippen LogP) is 2.24. The van der Waals surface area contributed by atoms with Crippen molar-refractivity contribution in [3.05, 3.63) is 33.8 Å². The summed E-state index contributed by atoms with van der Waals surface area (Å²) in [7, 11) is 0. The van der Waals surface area contributed by atoms with Gasteiger partial charge in [0.25, 0.3) is 0 Å². The van der Waals surface area contributed by atoms with E-state index in [4.69, 9.17) is 11.6 Å². The molecule has 1 aliphatic rings. The molecule has 0 spiro atoms. The molecule has 0 bridgehead atoms. The van der Waals surface area contributed by atoms with Crippen molar-refractivity contribution in [3.63, 3.8) is 0 Å². The minimum Gasteiger partial charge on any atom is -0.618 e. The third kappa shape index (κ3) is 1.63. The van der Waals surface area contributed by atoms with Crippen LogP contribution >= 0.6 is 11.6 Å². The maximum absolute atomic E-state index is 11.4. The molecule has 0 aliphatic heterocycles. The van der Waals surface area contributed by atoms with E-state index in [2.05, 4.69) is 0 Å². The second kappa shape index (κ2) is 3.54. The molecule has 1 aromatic heterocycles. The van der Waals surface area contributed by atoms with Crippen LogP contribution in [0.2, 0.25) is 5.02 Å². The molecule has 0 saturated carbocycles. The Labute approximate surface area is 82.7 Å². The van der Waals surface area contributed by atoms with Crippen molar-refractivity contribution < 1.29 is 4.73 Å². The summed E-state index contributed by atoms with van der Waals surface area (Å²) in [5, 5.41) is 12.2. The topological polar surface area (TPSA) is 26.9 Å². The lowest BCUT2D eigenvalue weighted by Crippen LogP contribution is -2.32. The molecule has 1 aliphatic carbocycles. The second-order valence-corrected chi connectivity index (χ2v) is 3.88. The van der Waals surface area contributed by atoms with Crippen LogP contribution in [0.25, 0.3) is 0 Å². The predicted molar refractivity (Wildman–Crippen MR) is 51.7 cm³/mol. The Morgan fingerprint density at radius 3 is 2.85 bits per heavy atom. The van der Waals surface area contributed by atoms with Gasteiger partial charge in [0.15, 0.2) is 11.9 Å². The average Bonchev–Trinajstić information content (AvgIpc) is 2.37. The number of nitrogens with zero attached hydrogens (tertiary/aromatic N) is 1. The molecule has 3 heteroatoms. The van der Waals surface area contributed by atoms with Crippen molar-refractivity contribution >= 4 is 11.6 Å². The van der Waals surface area contributed by atoms with Crippen molar-refractivity contribution in [3.8, 4) is 0 Å². The molecule has 0 radical (unpaired) electrons. The first kappa shape index (κ1) is 8.82. The molecular formula is C10H12ClNO. The van der Waals surface area contributed by atoms with E-state index >= 15 is 0 Å². The molecule has 0 amide bonds. The van der Waals surface area contributed by atoms with Crippen LogP contribution in [0.4, 0.5) is 0 Å². The van der Waals surface area contributed by atoms with E-state index in [0.29, 0.717) is 0 Å². The lowest BCUT2D eigenvalue weighted by molar-refractivity contribution is -0.614. The minimum atomic E-state index is 0.754. The van der Waals surface area contributed by atoms with Crippen LogP contribution in [0.1, 0.15) is 30.5 Å². The van der Waals surface area contributed by atoms with Crippen LogP contribution in [-0.2, 0) is 12.8 Å². The zero-order valence-electron chi connectivity index (χ0n) is 7.42. The number of halogens is 1. The average molecular weight is 198 g/mol. The molecule has 70 valence electrons. The molecule has 13 heavy (non-hydrogen) atoms. The molecular weight excluding hydrogens is 186 g/mol. The molecule has 1 aromatic rings. The van der Waals surface area contributed by atoms with E-state index in [1.807, 2.05) is 0 Å². The molecule has 2 rings (SSSR count). The van der Waals surface area contributed by atoms with E-state index in [0.717, 1.165) is 46.7 Å². The highest BCUT2D eigenvalue weighted by atomic mass is 35.5. The first-order valence-electron chi connectivity index (χ1n) is 4.68. The van der Waals surface area contributed by atoms with Gasteiger partial charge in [0, 0.05) is 18.1 Å². The highest BCUT2D eigenvalue weighted by Gasteiger charge is 2.18. The highest BCUT2D eigenvalue weighted by Crippen LogP contribution is 2.24. The summed E-state index contributed by atoms with van der Waals surface area (Å²) in [4.78, 5) is 0. The van der Waals surface area contributed by atoms with Gasteiger partial charge in [-0.05, 0) is 19.3 Å². The van der Waals surface area contributed by atoms with E-state index in [1.165, 1.54) is 12.6 Å². The Morgan fingerprint density at radius 2 is 2.00 bits per heavy atom. The van der Waals surface area contributed by atoms with Gasteiger partial charge in [-0.25, -0.2) is 0 Å². The van der Waals surface area contributed by atoms with Gasteiger partial charge in [-0.3, -0.25) is 0 Å². The second-order valence-electron chi connectivity index (χ2n) is 3.48. The number of pyridine rings is 1. The summed E-state index contributed by atoms with van der Waals surface area (Å²) in [6.45, 7) is 0. The zero-order chi connectivity index (χ0) is 9.26. The maximum atomic E-state index is 11.4. The largest absolute Gasteiger partial charge is 0.618 e. The van der Waals surface area contributed by atoms with Crippen LogP contribution in [0, 0.1) is 5.21 Å². The van der Waals surface area contributed by atoms with Crippen LogP contribution in [0.3, 0.4) is 0 Å². The van der Waals surface area contributed by atoms with Crippen LogP contribution in [-0.4, -0.2) is 0 Å². The summed E-state index contributed by atoms with van der Waals surface area (Å²) in [6.07, 6.45) is 6.79. The van der Waals surface area contributed by atoms with Gasteiger partial charge in [-0.2, -0.15) is 4.73 Å². The lowest BCUT2D eigenvalue weighted by atomic mass is 10.1. The molecule has 0 aromatic carbocycles. The molecule has 0 unspecified atom stereocenters. The Hall–Kier alpha value is -0.760. The van der Waals surface area contributed by atoms with Crippen molar-refractivity contribution in [2.75, 3.05) is 0 Å². The molecule has 0 saturated heterocycles. The summed E-state index contributed by atoms with van der Waals surface area (Å²) < 4.78 is 0.965. The first-order valence-corrected chi connectivity index (χ1v) is 5.06. The molecule has 2 nitrogen and oxygen atoms in total. The summed E-state index contributed by atoms with van der Waals surface area (Å²) >= 11 is 6.03. The Balaban J connectivity index is 2.50. The van der Waals surface area contributed by atoms with Gasteiger partial charge < -0.3 is 5.21 Å². The number of aromatic nitrogens is 1. The van der Waals surface area contributed by atoms with Gasteiger partial charge in [0.1, 0.15) is 0 Å². The van der Waals surface area contributed by atoms with E-state index in [9.17, 15) is 5.21 Å². The summed E-state index contributed by atoms with van der Waals surface area (Å²) in [5.74, 6) is 0. The fraction of sp³-hybridized carbons (Fsp3) is 0.500. The van der Waals surface area contributed by atoms with E-state index < -0.39 is 0 Å². The monoisotopic (exact) mass is 197 g/mol. The van der Waals surface area contributed by atoms with Crippen molar-refractivity contribution in [1.82, 2.24) is 0 Å². The highest BCUT2D eigenvalue weighted by molar-refractivity contribution is 6.31. The van der Waals surface area contributed by atoms with Crippen molar-refractivity contribution in [2.45, 2.75) is 32.1 Å². The molecule has 1 heterocycles. The number of hydrogen-bond donors (Lipinski definition) is 0. The molecule has 0 atom stereocenters. The lowest BCUT2D eigenvalue weighted by Gasteiger charge is -2.07. The van der Waals surface area contributed by atoms with Gasteiger partial charge in [0.2, 0.25) is 0 Å². The standard InChI is InChI=1S/C10H12ClNO/c11-9-6-7-12(13)10-5-3-1-2-4-8(9)10/h6-7H,1-5H2. The Kier molecular flexibility index (Phi) is 2.40. The van der Waals surface area contributed by atoms with Crippen molar-refractivity contribution in [1.29, 1.82) is 0 Å². The maximum Gasteiger partial charge on any atom is 0.197 e. The van der Waals surface area contributed by atoms with Gasteiger partial charge in [-0.15, -0.1) is 0 Å². The number of rotatable bonds is 0. The van der Waals surface area contributed by atoms with Crippen LogP contribution < -0.4 is 4.73 Å². The van der Waals surface area contributed by atoms with E-state index in [1.54, 1.807) is 6.07 Å². The van der Waals surface area contributed by atoms with Gasteiger partial charge in [0.05, 0.1) is 5.02 Å². The summed E-state index contributed by atoms with van der Waals surface area (Å²) in [5.41, 5.74) is 1.95. The number of fused-ring (bicyclic) bond motifs is 1. The third-order valence-electron chi connectivity index (χ3n) is 2.60. The van der Waals surface area contributed by atoms with E-state index in [-0.39, 0.29) is 0 Å². The first-order chi connectivity index (χ1) is 6.29. The van der Waals surface area contributed by atoms with Gasteiger partial charge in [-0.1, -0.05) is 18.0 Å². The Bertz CT molecular complexity index is 294.